The molecule has 0 aromatic carbocycles. The minimum Gasteiger partial charge on any atom is -0.355 e. The highest BCUT2D eigenvalue weighted by Gasteiger charge is 2.20. The van der Waals surface area contributed by atoms with Crippen molar-refractivity contribution in [1.82, 2.24) is 5.32 Å². The second-order valence-electron chi connectivity index (χ2n) is 5.56. The van der Waals surface area contributed by atoms with E-state index in [1.54, 1.807) is 0 Å². The van der Waals surface area contributed by atoms with Crippen molar-refractivity contribution >= 4 is 0 Å². The van der Waals surface area contributed by atoms with Gasteiger partial charge in [-0.1, -0.05) is 26.2 Å². The summed E-state index contributed by atoms with van der Waals surface area (Å²) in [6.45, 7) is 5.84. The van der Waals surface area contributed by atoms with Crippen molar-refractivity contribution in [2.75, 3.05) is 26.5 Å². The van der Waals surface area contributed by atoms with Crippen LogP contribution in [0.2, 0.25) is 0 Å². The van der Waals surface area contributed by atoms with Crippen molar-refractivity contribution in [2.45, 2.75) is 51.6 Å². The van der Waals surface area contributed by atoms with E-state index in [9.17, 15) is 0 Å². The molecule has 1 saturated carbocycles. The first kappa shape index (κ1) is 13.3. The Hall–Kier alpha value is -0.120. The zero-order valence-corrected chi connectivity index (χ0v) is 11.1. The van der Waals surface area contributed by atoms with Crippen LogP contribution in [0, 0.1) is 11.8 Å². The molecule has 2 aliphatic rings. The van der Waals surface area contributed by atoms with Crippen molar-refractivity contribution in [2.24, 2.45) is 11.8 Å². The summed E-state index contributed by atoms with van der Waals surface area (Å²) in [7, 11) is 0. The van der Waals surface area contributed by atoms with Gasteiger partial charge < -0.3 is 14.8 Å². The first-order valence-corrected chi connectivity index (χ1v) is 7.28. The summed E-state index contributed by atoms with van der Waals surface area (Å²) < 4.78 is 10.7. The lowest BCUT2D eigenvalue weighted by Gasteiger charge is -2.29. The maximum Gasteiger partial charge on any atom is 0.147 e. The third-order valence-electron chi connectivity index (χ3n) is 4.32. The fraction of sp³-hybridized carbons (Fsp3) is 1.00. The van der Waals surface area contributed by atoms with Crippen LogP contribution in [0.25, 0.3) is 0 Å². The van der Waals surface area contributed by atoms with Crippen LogP contribution in [0.1, 0.15) is 45.4 Å². The van der Waals surface area contributed by atoms with E-state index < -0.39 is 0 Å². The molecule has 1 aliphatic heterocycles. The van der Waals surface area contributed by atoms with Crippen LogP contribution < -0.4 is 5.32 Å². The highest BCUT2D eigenvalue weighted by molar-refractivity contribution is 4.74. The van der Waals surface area contributed by atoms with E-state index in [0.29, 0.717) is 12.9 Å². The van der Waals surface area contributed by atoms with E-state index in [-0.39, 0.29) is 0 Å². The summed E-state index contributed by atoms with van der Waals surface area (Å²) in [6, 6.07) is 0. The fourth-order valence-corrected chi connectivity index (χ4v) is 2.95. The zero-order chi connectivity index (χ0) is 11.9. The molecule has 0 aromatic rings. The van der Waals surface area contributed by atoms with Gasteiger partial charge in [0.05, 0.1) is 12.7 Å². The Bertz CT molecular complexity index is 196. The molecule has 100 valence electrons. The van der Waals surface area contributed by atoms with Gasteiger partial charge >= 0.3 is 0 Å². The molecule has 17 heavy (non-hydrogen) atoms. The molecule has 3 nitrogen and oxygen atoms in total. The molecule has 0 amide bonds. The third-order valence-corrected chi connectivity index (χ3v) is 4.32. The predicted octanol–water partition coefficient (Wildman–Crippen LogP) is 2.56. The van der Waals surface area contributed by atoms with E-state index >= 15 is 0 Å². The van der Waals surface area contributed by atoms with E-state index in [1.807, 2.05) is 0 Å². The average molecular weight is 241 g/mol. The lowest BCUT2D eigenvalue weighted by atomic mass is 9.81. The Morgan fingerprint density at radius 3 is 2.41 bits per heavy atom. The Morgan fingerprint density at radius 1 is 1.00 bits per heavy atom. The molecule has 1 aliphatic carbocycles. The smallest absolute Gasteiger partial charge is 0.147 e. The van der Waals surface area contributed by atoms with Crippen LogP contribution >= 0.6 is 0 Å². The Kier molecular flexibility index (Phi) is 5.75. The van der Waals surface area contributed by atoms with Gasteiger partial charge in [-0.25, -0.2) is 0 Å². The number of hydrogen-bond acceptors (Lipinski definition) is 3. The molecule has 0 radical (unpaired) electrons. The highest BCUT2D eigenvalue weighted by atomic mass is 16.7. The monoisotopic (exact) mass is 241 g/mol. The average Bonchev–Trinajstić information content (AvgIpc) is 2.41. The largest absolute Gasteiger partial charge is 0.355 e. The quantitative estimate of drug-likeness (QED) is 0.802. The standard InChI is InChI=1S/C14H27NO2/c1-2-12-3-5-13(6-4-12)9-15-10-14-7-8-16-11-17-14/h12-15H,2-11H2,1H3. The van der Waals surface area contributed by atoms with E-state index in [1.165, 1.54) is 38.6 Å². The number of ether oxygens (including phenoxy) is 2. The van der Waals surface area contributed by atoms with Crippen molar-refractivity contribution in [3.63, 3.8) is 0 Å². The predicted molar refractivity (Wildman–Crippen MR) is 68.9 cm³/mol. The van der Waals surface area contributed by atoms with Gasteiger partial charge in [-0.05, 0) is 37.6 Å². The molecule has 2 rings (SSSR count). The summed E-state index contributed by atoms with van der Waals surface area (Å²) in [5, 5.41) is 3.58. The van der Waals surface area contributed by atoms with E-state index in [0.717, 1.165) is 31.4 Å². The molecular formula is C14H27NO2. The van der Waals surface area contributed by atoms with Gasteiger partial charge in [0, 0.05) is 6.54 Å². The molecule has 2 fully saturated rings. The molecular weight excluding hydrogens is 214 g/mol. The summed E-state index contributed by atoms with van der Waals surface area (Å²) in [5.41, 5.74) is 0. The molecule has 1 unspecified atom stereocenters. The summed E-state index contributed by atoms with van der Waals surface area (Å²) in [6.07, 6.45) is 8.50. The Morgan fingerprint density at radius 2 is 1.76 bits per heavy atom. The highest BCUT2D eigenvalue weighted by Crippen LogP contribution is 2.30. The van der Waals surface area contributed by atoms with Crippen LogP contribution in [0.5, 0.6) is 0 Å². The van der Waals surface area contributed by atoms with Crippen LogP contribution in [-0.2, 0) is 9.47 Å². The van der Waals surface area contributed by atoms with Crippen molar-refractivity contribution in [1.29, 1.82) is 0 Å². The SMILES string of the molecule is CCC1CCC(CNCC2CCOCO2)CC1. The first-order valence-electron chi connectivity index (χ1n) is 7.28. The molecule has 0 aromatic heterocycles. The topological polar surface area (TPSA) is 30.5 Å². The number of rotatable bonds is 5. The van der Waals surface area contributed by atoms with Crippen molar-refractivity contribution in [3.05, 3.63) is 0 Å². The molecule has 1 atom stereocenters. The van der Waals surface area contributed by atoms with Crippen LogP contribution in [-0.4, -0.2) is 32.6 Å². The fourth-order valence-electron chi connectivity index (χ4n) is 2.95. The van der Waals surface area contributed by atoms with Crippen LogP contribution in [0.3, 0.4) is 0 Å². The number of hydrogen-bond donors (Lipinski definition) is 1. The molecule has 3 heteroatoms. The third kappa shape index (κ3) is 4.57. The minimum absolute atomic E-state index is 0.371. The van der Waals surface area contributed by atoms with Gasteiger partial charge in [-0.2, -0.15) is 0 Å². The summed E-state index contributed by atoms with van der Waals surface area (Å²) in [5.74, 6) is 1.91. The number of nitrogens with one attached hydrogen (secondary N) is 1. The molecule has 0 bridgehead atoms. The zero-order valence-electron chi connectivity index (χ0n) is 11.1. The minimum atomic E-state index is 0.371. The van der Waals surface area contributed by atoms with Crippen LogP contribution in [0.15, 0.2) is 0 Å². The van der Waals surface area contributed by atoms with Gasteiger partial charge in [0.1, 0.15) is 6.79 Å². The van der Waals surface area contributed by atoms with Gasteiger partial charge in [-0.15, -0.1) is 0 Å². The first-order chi connectivity index (χ1) is 8.38. The summed E-state index contributed by atoms with van der Waals surface area (Å²) in [4.78, 5) is 0. The molecule has 1 N–H and O–H groups in total. The molecule has 1 saturated heterocycles. The van der Waals surface area contributed by atoms with E-state index in [4.69, 9.17) is 9.47 Å². The van der Waals surface area contributed by atoms with E-state index in [2.05, 4.69) is 12.2 Å². The van der Waals surface area contributed by atoms with Gasteiger partial charge in [0.15, 0.2) is 0 Å². The lowest BCUT2D eigenvalue weighted by Crippen LogP contribution is -2.36. The van der Waals surface area contributed by atoms with Gasteiger partial charge in [0.2, 0.25) is 0 Å². The summed E-state index contributed by atoms with van der Waals surface area (Å²) >= 11 is 0. The maximum absolute atomic E-state index is 5.52. The maximum atomic E-state index is 5.52. The normalized spacial score (nSPS) is 34.8. The van der Waals surface area contributed by atoms with Crippen molar-refractivity contribution in [3.8, 4) is 0 Å². The Labute approximate surface area is 105 Å². The molecule has 0 spiro atoms. The lowest BCUT2D eigenvalue weighted by molar-refractivity contribution is -0.137. The van der Waals surface area contributed by atoms with Gasteiger partial charge in [-0.3, -0.25) is 0 Å². The second-order valence-corrected chi connectivity index (χ2v) is 5.56. The molecule has 1 heterocycles. The van der Waals surface area contributed by atoms with Gasteiger partial charge in [0.25, 0.3) is 0 Å². The Balaban J connectivity index is 1.53. The second kappa shape index (κ2) is 7.34. The van der Waals surface area contributed by atoms with Crippen LogP contribution in [0.4, 0.5) is 0 Å². The van der Waals surface area contributed by atoms with Crippen molar-refractivity contribution < 1.29 is 9.47 Å².